The molecule has 4 nitrogen and oxygen atoms in total. The van der Waals surface area contributed by atoms with E-state index in [-0.39, 0.29) is 17.3 Å². The zero-order valence-corrected chi connectivity index (χ0v) is 13.7. The minimum absolute atomic E-state index is 0.0695. The molecule has 126 valence electrons. The number of aromatic hydroxyl groups is 1. The third-order valence-electron chi connectivity index (χ3n) is 3.74. The molecule has 4 heteroatoms. The summed E-state index contributed by atoms with van der Waals surface area (Å²) in [6.45, 7) is 0. The van der Waals surface area contributed by atoms with E-state index in [9.17, 15) is 15.0 Å². The second-order valence-electron chi connectivity index (χ2n) is 5.59. The molecule has 2 rings (SSSR count). The molecule has 0 aliphatic rings. The molecule has 0 heterocycles. The smallest absolute Gasteiger partial charge is 0.160 e. The predicted molar refractivity (Wildman–Crippen MR) is 93.5 cm³/mol. The van der Waals surface area contributed by atoms with Gasteiger partial charge in [-0.15, -0.1) is 0 Å². The van der Waals surface area contributed by atoms with E-state index in [1.165, 1.54) is 13.2 Å². The number of carbonyl (C=O) groups is 1. The largest absolute Gasteiger partial charge is 0.512 e. The van der Waals surface area contributed by atoms with Crippen LogP contribution >= 0.6 is 0 Å². The van der Waals surface area contributed by atoms with Gasteiger partial charge in [-0.2, -0.15) is 0 Å². The lowest BCUT2D eigenvalue weighted by atomic mass is 10.1. The predicted octanol–water partition coefficient (Wildman–Crippen LogP) is 3.98. The van der Waals surface area contributed by atoms with Crippen molar-refractivity contribution in [1.29, 1.82) is 0 Å². The van der Waals surface area contributed by atoms with Gasteiger partial charge in [0.1, 0.15) is 0 Å². The maximum absolute atomic E-state index is 11.9. The Morgan fingerprint density at radius 1 is 1.04 bits per heavy atom. The minimum atomic E-state index is -0.0837. The number of phenolic OH excluding ortho intramolecular Hbond substituents is 1. The lowest BCUT2D eigenvalue weighted by Crippen LogP contribution is -1.99. The van der Waals surface area contributed by atoms with Crippen molar-refractivity contribution in [1.82, 2.24) is 0 Å². The van der Waals surface area contributed by atoms with Gasteiger partial charge >= 0.3 is 0 Å². The van der Waals surface area contributed by atoms with Crippen LogP contribution in [0.4, 0.5) is 0 Å². The SMILES string of the molecule is COc1cc(CCC(O)=CC(=O)CCc2ccccc2)ccc1O. The van der Waals surface area contributed by atoms with E-state index in [0.29, 0.717) is 31.4 Å². The molecule has 0 saturated heterocycles. The summed E-state index contributed by atoms with van der Waals surface area (Å²) in [7, 11) is 1.49. The zero-order chi connectivity index (χ0) is 17.4. The van der Waals surface area contributed by atoms with Crippen molar-refractivity contribution in [2.75, 3.05) is 7.11 Å². The number of phenols is 1. The number of benzene rings is 2. The first kappa shape index (κ1) is 17.6. The van der Waals surface area contributed by atoms with Crippen molar-refractivity contribution in [2.45, 2.75) is 25.7 Å². The van der Waals surface area contributed by atoms with E-state index < -0.39 is 0 Å². The Morgan fingerprint density at radius 3 is 2.46 bits per heavy atom. The fraction of sp³-hybridized carbons (Fsp3) is 0.250. The quantitative estimate of drug-likeness (QED) is 0.569. The Balaban J connectivity index is 1.83. The number of ketones is 1. The van der Waals surface area contributed by atoms with Crippen molar-refractivity contribution in [3.05, 3.63) is 71.5 Å². The summed E-state index contributed by atoms with van der Waals surface area (Å²) < 4.78 is 5.05. The number of aliphatic hydroxyl groups excluding tert-OH is 1. The molecule has 0 bridgehead atoms. The van der Waals surface area contributed by atoms with Gasteiger partial charge in [0.25, 0.3) is 0 Å². The second kappa shape index (κ2) is 8.77. The fourth-order valence-electron chi connectivity index (χ4n) is 2.39. The standard InChI is InChI=1S/C20H22O4/c1-24-20-13-16(9-12-19(20)23)8-11-18(22)14-17(21)10-7-15-5-3-2-4-6-15/h2-6,9,12-14,22-23H,7-8,10-11H2,1H3. The Kier molecular flexibility index (Phi) is 6.43. The van der Waals surface area contributed by atoms with E-state index in [2.05, 4.69) is 0 Å². The molecule has 2 N–H and O–H groups in total. The van der Waals surface area contributed by atoms with Gasteiger partial charge in [-0.1, -0.05) is 36.4 Å². The Labute approximate surface area is 142 Å². The van der Waals surface area contributed by atoms with Crippen LogP contribution in [-0.2, 0) is 17.6 Å². The molecule has 0 aliphatic carbocycles. The number of carbonyl (C=O) groups excluding carboxylic acids is 1. The summed E-state index contributed by atoms with van der Waals surface area (Å²) in [6, 6.07) is 14.8. The van der Waals surface area contributed by atoms with Gasteiger partial charge in [0, 0.05) is 18.9 Å². The van der Waals surface area contributed by atoms with Gasteiger partial charge in [0.15, 0.2) is 17.3 Å². The van der Waals surface area contributed by atoms with E-state index >= 15 is 0 Å². The molecule has 0 saturated carbocycles. The van der Waals surface area contributed by atoms with Crippen LogP contribution in [0.5, 0.6) is 11.5 Å². The van der Waals surface area contributed by atoms with E-state index in [4.69, 9.17) is 4.74 Å². The van der Waals surface area contributed by atoms with Crippen molar-refractivity contribution in [2.24, 2.45) is 0 Å². The molecule has 2 aromatic carbocycles. The Morgan fingerprint density at radius 2 is 1.75 bits per heavy atom. The minimum Gasteiger partial charge on any atom is -0.512 e. The summed E-state index contributed by atoms with van der Waals surface area (Å²) in [6.07, 6.45) is 3.27. The molecule has 0 unspecified atom stereocenters. The molecular formula is C20H22O4. The first-order valence-corrected chi connectivity index (χ1v) is 7.90. The zero-order valence-electron chi connectivity index (χ0n) is 13.7. The summed E-state index contributed by atoms with van der Waals surface area (Å²) >= 11 is 0. The average molecular weight is 326 g/mol. The van der Waals surface area contributed by atoms with Gasteiger partial charge < -0.3 is 14.9 Å². The van der Waals surface area contributed by atoms with Gasteiger partial charge in [-0.05, 0) is 36.1 Å². The summed E-state index contributed by atoms with van der Waals surface area (Å²) in [5, 5.41) is 19.5. The normalized spacial score (nSPS) is 11.3. The maximum Gasteiger partial charge on any atom is 0.160 e. The number of hydrogen-bond donors (Lipinski definition) is 2. The number of aryl methyl sites for hydroxylation is 2. The highest BCUT2D eigenvalue weighted by atomic mass is 16.5. The molecular weight excluding hydrogens is 304 g/mol. The van der Waals surface area contributed by atoms with Crippen LogP contribution in [0.15, 0.2) is 60.4 Å². The summed E-state index contributed by atoms with van der Waals surface area (Å²) in [4.78, 5) is 11.9. The average Bonchev–Trinajstić information content (AvgIpc) is 2.60. The third-order valence-corrected chi connectivity index (χ3v) is 3.74. The molecule has 2 aromatic rings. The number of aliphatic hydroxyl groups is 1. The molecule has 0 amide bonds. The van der Waals surface area contributed by atoms with Crippen LogP contribution in [-0.4, -0.2) is 23.1 Å². The molecule has 0 atom stereocenters. The van der Waals surface area contributed by atoms with Gasteiger partial charge in [-0.3, -0.25) is 4.79 Å². The summed E-state index contributed by atoms with van der Waals surface area (Å²) in [5.74, 6) is 0.465. The van der Waals surface area contributed by atoms with E-state index in [1.54, 1.807) is 18.2 Å². The molecule has 0 aliphatic heterocycles. The highest BCUT2D eigenvalue weighted by Gasteiger charge is 2.05. The topological polar surface area (TPSA) is 66.8 Å². The van der Waals surface area contributed by atoms with Crippen LogP contribution in [0.25, 0.3) is 0 Å². The second-order valence-corrected chi connectivity index (χ2v) is 5.59. The Bertz CT molecular complexity index is 705. The maximum atomic E-state index is 11.9. The van der Waals surface area contributed by atoms with Crippen LogP contribution in [0.3, 0.4) is 0 Å². The number of rotatable bonds is 8. The number of methoxy groups -OCH3 is 1. The molecule has 0 aromatic heterocycles. The molecule has 0 spiro atoms. The van der Waals surface area contributed by atoms with Crippen molar-refractivity contribution < 1.29 is 19.7 Å². The lowest BCUT2D eigenvalue weighted by Gasteiger charge is -2.06. The van der Waals surface area contributed by atoms with E-state index in [1.807, 2.05) is 30.3 Å². The lowest BCUT2D eigenvalue weighted by molar-refractivity contribution is -0.114. The van der Waals surface area contributed by atoms with Crippen LogP contribution < -0.4 is 4.74 Å². The molecule has 0 fully saturated rings. The van der Waals surface area contributed by atoms with Crippen LogP contribution in [0, 0.1) is 0 Å². The Hall–Kier alpha value is -2.75. The number of allylic oxidation sites excluding steroid dienone is 2. The number of hydrogen-bond acceptors (Lipinski definition) is 4. The van der Waals surface area contributed by atoms with Crippen molar-refractivity contribution in [3.63, 3.8) is 0 Å². The highest BCUT2D eigenvalue weighted by Crippen LogP contribution is 2.27. The first-order chi connectivity index (χ1) is 11.6. The monoisotopic (exact) mass is 326 g/mol. The van der Waals surface area contributed by atoms with Crippen molar-refractivity contribution in [3.8, 4) is 11.5 Å². The van der Waals surface area contributed by atoms with Gasteiger partial charge in [-0.25, -0.2) is 0 Å². The number of ether oxygens (including phenoxy) is 1. The van der Waals surface area contributed by atoms with Crippen molar-refractivity contribution >= 4 is 5.78 Å². The fourth-order valence-corrected chi connectivity index (χ4v) is 2.39. The van der Waals surface area contributed by atoms with Crippen LogP contribution in [0.1, 0.15) is 24.0 Å². The molecule has 24 heavy (non-hydrogen) atoms. The summed E-state index contributed by atoms with van der Waals surface area (Å²) in [5.41, 5.74) is 2.02. The van der Waals surface area contributed by atoms with Gasteiger partial charge in [0.2, 0.25) is 0 Å². The third kappa shape index (κ3) is 5.47. The van der Waals surface area contributed by atoms with Crippen LogP contribution in [0.2, 0.25) is 0 Å². The highest BCUT2D eigenvalue weighted by molar-refractivity contribution is 5.90. The first-order valence-electron chi connectivity index (χ1n) is 7.90. The molecule has 0 radical (unpaired) electrons. The van der Waals surface area contributed by atoms with E-state index in [0.717, 1.165) is 11.1 Å². The van der Waals surface area contributed by atoms with Gasteiger partial charge in [0.05, 0.1) is 12.9 Å².